The molecule has 2 aromatic rings. The highest BCUT2D eigenvalue weighted by molar-refractivity contribution is 5.85. The van der Waals surface area contributed by atoms with Gasteiger partial charge in [-0.05, 0) is 31.0 Å². The summed E-state index contributed by atoms with van der Waals surface area (Å²) in [6, 6.07) is 16.3. The number of carbonyl (C=O) groups excluding carboxylic acids is 1. The van der Waals surface area contributed by atoms with E-state index in [9.17, 15) is 4.79 Å². The molecule has 0 bridgehead atoms. The minimum atomic E-state index is -0.0101. The highest BCUT2D eigenvalue weighted by Crippen LogP contribution is 2.29. The number of anilines is 1. The maximum Gasteiger partial charge on any atom is 0.139 e. The number of ketones is 1. The lowest BCUT2D eigenvalue weighted by atomic mass is 10.1. The highest BCUT2D eigenvalue weighted by atomic mass is 16.5. The molecule has 0 fully saturated rings. The first-order valence-corrected chi connectivity index (χ1v) is 7.74. The predicted octanol–water partition coefficient (Wildman–Crippen LogP) is 4.14. The second-order valence-electron chi connectivity index (χ2n) is 5.95. The lowest BCUT2D eigenvalue weighted by Gasteiger charge is -2.18. The van der Waals surface area contributed by atoms with Gasteiger partial charge >= 0.3 is 0 Å². The van der Waals surface area contributed by atoms with E-state index < -0.39 is 0 Å². The Balaban J connectivity index is 1.80. The maximum absolute atomic E-state index is 11.8. The zero-order valence-electron chi connectivity index (χ0n) is 13.0. The second-order valence-corrected chi connectivity index (χ2v) is 5.95. The van der Waals surface area contributed by atoms with Crippen LogP contribution in [0.4, 0.5) is 5.69 Å². The molecule has 1 heterocycles. The van der Waals surface area contributed by atoms with E-state index in [2.05, 4.69) is 17.4 Å². The van der Waals surface area contributed by atoms with Crippen LogP contribution in [0, 0.1) is 0 Å². The fourth-order valence-corrected chi connectivity index (χ4v) is 2.86. The largest absolute Gasteiger partial charge is 0.486 e. The quantitative estimate of drug-likeness (QED) is 0.924. The van der Waals surface area contributed by atoms with Crippen molar-refractivity contribution in [1.29, 1.82) is 0 Å². The van der Waals surface area contributed by atoms with Gasteiger partial charge in [0, 0.05) is 30.6 Å². The van der Waals surface area contributed by atoms with Crippen molar-refractivity contribution in [3.05, 3.63) is 59.7 Å². The summed E-state index contributed by atoms with van der Waals surface area (Å²) in [4.78, 5) is 11.8. The van der Waals surface area contributed by atoms with Crippen LogP contribution >= 0.6 is 0 Å². The van der Waals surface area contributed by atoms with Crippen molar-refractivity contribution in [2.75, 3.05) is 5.32 Å². The van der Waals surface area contributed by atoms with Crippen LogP contribution in [0.25, 0.3) is 0 Å². The molecular weight excluding hydrogens is 274 g/mol. The molecule has 22 heavy (non-hydrogen) atoms. The number of hydrogen-bond acceptors (Lipinski definition) is 3. The molecule has 114 valence electrons. The van der Waals surface area contributed by atoms with Crippen LogP contribution in [0.3, 0.4) is 0 Å². The maximum atomic E-state index is 11.8. The number of carbonyl (C=O) groups is 1. The molecule has 1 aliphatic rings. The van der Waals surface area contributed by atoms with Gasteiger partial charge in [-0.1, -0.05) is 36.4 Å². The number of fused-ring (bicyclic) bond motifs is 1. The number of ether oxygens (including phenoxy) is 1. The Kier molecular flexibility index (Phi) is 4.14. The van der Waals surface area contributed by atoms with Crippen molar-refractivity contribution in [1.82, 2.24) is 0 Å². The fraction of sp³-hybridized carbons (Fsp3) is 0.316. The van der Waals surface area contributed by atoms with Crippen LogP contribution in [0.15, 0.2) is 48.5 Å². The van der Waals surface area contributed by atoms with E-state index in [1.165, 1.54) is 0 Å². The van der Waals surface area contributed by atoms with Gasteiger partial charge in [0.1, 0.15) is 17.6 Å². The summed E-state index contributed by atoms with van der Waals surface area (Å²) < 4.78 is 6.04. The smallest absolute Gasteiger partial charge is 0.139 e. The third-order valence-electron chi connectivity index (χ3n) is 3.99. The van der Waals surface area contributed by atoms with Crippen LogP contribution in [-0.4, -0.2) is 11.8 Å². The van der Waals surface area contributed by atoms with Crippen molar-refractivity contribution < 1.29 is 9.53 Å². The molecule has 0 spiro atoms. The molecule has 0 aliphatic carbocycles. The molecule has 0 saturated carbocycles. The Morgan fingerprint density at radius 2 is 1.95 bits per heavy atom. The molecule has 3 heteroatoms. The summed E-state index contributed by atoms with van der Waals surface area (Å²) in [6.07, 6.45) is 1.07. The summed E-state index contributed by atoms with van der Waals surface area (Å²) in [5.41, 5.74) is 3.21. The van der Waals surface area contributed by atoms with E-state index in [0.29, 0.717) is 12.8 Å². The van der Waals surface area contributed by atoms with Gasteiger partial charge in [0.15, 0.2) is 0 Å². The molecule has 1 unspecified atom stereocenters. The molecule has 2 atom stereocenters. The zero-order valence-corrected chi connectivity index (χ0v) is 13.0. The van der Waals surface area contributed by atoms with Crippen molar-refractivity contribution in [2.24, 2.45) is 0 Å². The topological polar surface area (TPSA) is 38.3 Å². The normalized spacial score (nSPS) is 18.8. The molecule has 0 aromatic heterocycles. The van der Waals surface area contributed by atoms with Gasteiger partial charge in [-0.15, -0.1) is 0 Å². The Morgan fingerprint density at radius 1 is 1.18 bits per heavy atom. The van der Waals surface area contributed by atoms with Crippen LogP contribution in [0.2, 0.25) is 0 Å². The van der Waals surface area contributed by atoms with Crippen LogP contribution in [-0.2, 0) is 11.2 Å². The van der Waals surface area contributed by atoms with E-state index in [0.717, 1.165) is 22.6 Å². The Labute approximate surface area is 131 Å². The lowest BCUT2D eigenvalue weighted by molar-refractivity contribution is -0.118. The Bertz CT molecular complexity index is 666. The predicted molar refractivity (Wildman–Crippen MR) is 88.3 cm³/mol. The summed E-state index contributed by atoms with van der Waals surface area (Å²) in [5.74, 6) is 1.11. The molecular formula is C19H21NO2. The van der Waals surface area contributed by atoms with Gasteiger partial charge in [-0.3, -0.25) is 4.79 Å². The molecule has 1 aliphatic heterocycles. The molecule has 0 saturated heterocycles. The number of benzene rings is 2. The number of rotatable bonds is 3. The number of nitrogens with one attached hydrogen (secondary N) is 1. The highest BCUT2D eigenvalue weighted by Gasteiger charge is 2.18. The van der Waals surface area contributed by atoms with Gasteiger partial charge in [0.05, 0.1) is 0 Å². The first-order valence-electron chi connectivity index (χ1n) is 7.74. The van der Waals surface area contributed by atoms with Crippen molar-refractivity contribution >= 4 is 11.5 Å². The molecule has 0 radical (unpaired) electrons. The van der Waals surface area contributed by atoms with Gasteiger partial charge < -0.3 is 10.1 Å². The van der Waals surface area contributed by atoms with E-state index in [-0.39, 0.29) is 17.9 Å². The Morgan fingerprint density at radius 3 is 2.73 bits per heavy atom. The minimum Gasteiger partial charge on any atom is -0.486 e. The average Bonchev–Trinajstić information content (AvgIpc) is 2.64. The van der Waals surface area contributed by atoms with E-state index >= 15 is 0 Å². The monoisotopic (exact) mass is 295 g/mol. The molecule has 1 N–H and O–H groups in total. The summed E-state index contributed by atoms with van der Waals surface area (Å²) in [7, 11) is 0. The molecule has 3 rings (SSSR count). The SMILES string of the molecule is CC(Oc1ccc2c(c1)N[C@H](C)CC(=O)C2)c1ccccc1. The summed E-state index contributed by atoms with van der Waals surface area (Å²) >= 11 is 0. The zero-order chi connectivity index (χ0) is 15.5. The van der Waals surface area contributed by atoms with Crippen molar-refractivity contribution in [2.45, 2.75) is 38.8 Å². The summed E-state index contributed by atoms with van der Waals surface area (Å²) in [6.45, 7) is 4.08. The van der Waals surface area contributed by atoms with Crippen molar-refractivity contribution in [3.8, 4) is 5.75 Å². The van der Waals surface area contributed by atoms with Gasteiger partial charge in [0.2, 0.25) is 0 Å². The van der Waals surface area contributed by atoms with E-state index in [1.807, 2.05) is 50.2 Å². The van der Waals surface area contributed by atoms with Crippen molar-refractivity contribution in [3.63, 3.8) is 0 Å². The lowest BCUT2D eigenvalue weighted by Crippen LogP contribution is -2.16. The molecule has 0 amide bonds. The first-order chi connectivity index (χ1) is 10.6. The molecule has 2 aromatic carbocycles. The van der Waals surface area contributed by atoms with E-state index in [1.54, 1.807) is 0 Å². The standard InChI is InChI=1S/C19H21NO2/c1-13-10-17(21)11-16-8-9-18(12-19(16)20-13)22-14(2)15-6-4-3-5-7-15/h3-9,12-14,20H,10-11H2,1-2H3/t13-,14?/m1/s1. The van der Waals surface area contributed by atoms with Crippen LogP contribution in [0.5, 0.6) is 5.75 Å². The fourth-order valence-electron chi connectivity index (χ4n) is 2.86. The Hall–Kier alpha value is -2.29. The van der Waals surface area contributed by atoms with E-state index in [4.69, 9.17) is 4.74 Å². The number of Topliss-reactive ketones (excluding diaryl/α,β-unsaturated/α-hetero) is 1. The van der Waals surface area contributed by atoms with Crippen LogP contribution < -0.4 is 10.1 Å². The van der Waals surface area contributed by atoms with Gasteiger partial charge in [-0.25, -0.2) is 0 Å². The minimum absolute atomic E-state index is 0.0101. The van der Waals surface area contributed by atoms with Crippen LogP contribution in [0.1, 0.15) is 37.5 Å². The van der Waals surface area contributed by atoms with Gasteiger partial charge in [0.25, 0.3) is 0 Å². The number of hydrogen-bond donors (Lipinski definition) is 1. The third kappa shape index (κ3) is 3.30. The third-order valence-corrected chi connectivity index (χ3v) is 3.99. The first kappa shape index (κ1) is 14.6. The second kappa shape index (κ2) is 6.22. The average molecular weight is 295 g/mol. The van der Waals surface area contributed by atoms with Gasteiger partial charge in [-0.2, -0.15) is 0 Å². The summed E-state index contributed by atoms with van der Waals surface area (Å²) in [5, 5.41) is 3.41. The molecule has 3 nitrogen and oxygen atoms in total.